The van der Waals surface area contributed by atoms with Crippen LogP contribution in [0, 0.1) is 12.7 Å². The van der Waals surface area contributed by atoms with Gasteiger partial charge in [-0.2, -0.15) is 13.2 Å². The highest BCUT2D eigenvalue weighted by atomic mass is 32.1. The van der Waals surface area contributed by atoms with Crippen LogP contribution in [0.3, 0.4) is 0 Å². The predicted octanol–water partition coefficient (Wildman–Crippen LogP) is 3.85. The van der Waals surface area contributed by atoms with E-state index in [9.17, 15) is 32.3 Å². The minimum absolute atomic E-state index is 0.00638. The molecule has 2 aromatic heterocycles. The van der Waals surface area contributed by atoms with Gasteiger partial charge in [-0.3, -0.25) is 9.59 Å². The van der Waals surface area contributed by atoms with Crippen LogP contribution in [-0.4, -0.2) is 46.2 Å². The number of hydrogen-bond donors (Lipinski definition) is 3. The van der Waals surface area contributed by atoms with E-state index in [-0.39, 0.29) is 40.0 Å². The zero-order valence-electron chi connectivity index (χ0n) is 20.9. The first-order valence-electron chi connectivity index (χ1n) is 12.0. The summed E-state index contributed by atoms with van der Waals surface area (Å²) in [6, 6.07) is 5.65. The number of aliphatic hydroxyl groups is 1. The zero-order chi connectivity index (χ0) is 28.3. The molecule has 1 aliphatic carbocycles. The van der Waals surface area contributed by atoms with Crippen molar-refractivity contribution in [2.24, 2.45) is 5.73 Å². The summed E-state index contributed by atoms with van der Waals surface area (Å²) < 4.78 is 62.7. The number of carbonyl (C=O) groups excluding carboxylic acids is 2. The van der Waals surface area contributed by atoms with Crippen molar-refractivity contribution in [3.63, 3.8) is 0 Å². The van der Waals surface area contributed by atoms with Crippen LogP contribution in [0.1, 0.15) is 57.3 Å². The number of amides is 2. The van der Waals surface area contributed by atoms with Crippen LogP contribution in [0.15, 0.2) is 30.3 Å². The first kappa shape index (κ1) is 27.0. The highest BCUT2D eigenvalue weighted by Crippen LogP contribution is 2.48. The third-order valence-electron chi connectivity index (χ3n) is 7.08. The molecule has 1 saturated carbocycles. The molecule has 2 atom stereocenters. The number of pyridine rings is 1. The Hall–Kier alpha value is -3.58. The predicted molar refractivity (Wildman–Crippen MR) is 133 cm³/mol. The highest BCUT2D eigenvalue weighted by molar-refractivity contribution is 7.14. The zero-order valence-corrected chi connectivity index (χ0v) is 21.7. The Kier molecular flexibility index (Phi) is 6.41. The summed E-state index contributed by atoms with van der Waals surface area (Å²) in [6.07, 6.45) is -3.42. The van der Waals surface area contributed by atoms with Gasteiger partial charge in [0.1, 0.15) is 34.2 Å². The summed E-state index contributed by atoms with van der Waals surface area (Å²) in [6.45, 7) is 1.45. The Bertz CT molecular complexity index is 1470. The van der Waals surface area contributed by atoms with Gasteiger partial charge in [0.25, 0.3) is 5.91 Å². The van der Waals surface area contributed by atoms with Gasteiger partial charge in [-0.1, -0.05) is 0 Å². The topological polar surface area (TPSA) is 127 Å². The summed E-state index contributed by atoms with van der Waals surface area (Å²) in [4.78, 5) is 33.8. The number of benzene rings is 1. The number of carbonyl (C=O) groups is 2. The fraction of sp³-hybridized carbons (Fsp3) is 0.385. The Morgan fingerprint density at radius 3 is 2.49 bits per heavy atom. The van der Waals surface area contributed by atoms with Gasteiger partial charge in [-0.15, -0.1) is 11.3 Å². The minimum Gasteiger partial charge on any atom is -0.489 e. The van der Waals surface area contributed by atoms with Crippen LogP contribution in [0.2, 0.25) is 0 Å². The first-order valence-corrected chi connectivity index (χ1v) is 12.9. The summed E-state index contributed by atoms with van der Waals surface area (Å²) in [7, 11) is 0. The minimum atomic E-state index is -5.30. The van der Waals surface area contributed by atoms with E-state index in [2.05, 4.69) is 15.3 Å². The smallest absolute Gasteiger partial charge is 0.424 e. The lowest BCUT2D eigenvalue weighted by molar-refractivity contribution is -0.265. The van der Waals surface area contributed by atoms with Crippen LogP contribution in [0.5, 0.6) is 5.75 Å². The van der Waals surface area contributed by atoms with E-state index in [0.717, 1.165) is 47.4 Å². The van der Waals surface area contributed by atoms with Crippen LogP contribution in [0.25, 0.3) is 11.3 Å². The van der Waals surface area contributed by atoms with Crippen LogP contribution >= 0.6 is 11.3 Å². The largest absolute Gasteiger partial charge is 0.489 e. The molecule has 13 heteroatoms. The van der Waals surface area contributed by atoms with Gasteiger partial charge >= 0.3 is 6.18 Å². The van der Waals surface area contributed by atoms with Crippen molar-refractivity contribution in [3.8, 4) is 17.0 Å². The van der Waals surface area contributed by atoms with Gasteiger partial charge in [0, 0.05) is 17.0 Å². The molecule has 0 spiro atoms. The molecule has 1 aliphatic heterocycles. The van der Waals surface area contributed by atoms with Crippen molar-refractivity contribution in [2.75, 3.05) is 13.2 Å². The number of ether oxygens (including phenoxy) is 1. The normalized spacial score (nSPS) is 20.2. The van der Waals surface area contributed by atoms with Gasteiger partial charge in [0.15, 0.2) is 0 Å². The number of rotatable bonds is 7. The maximum atomic E-state index is 14.5. The Labute approximate surface area is 224 Å². The lowest BCUT2D eigenvalue weighted by atomic mass is 9.81. The molecule has 8 nitrogen and oxygen atoms in total. The second-order valence-corrected chi connectivity index (χ2v) is 11.0. The molecule has 3 aromatic rings. The number of alkyl halides is 3. The van der Waals surface area contributed by atoms with Crippen molar-refractivity contribution in [2.45, 2.75) is 49.8 Å². The lowest BCUT2D eigenvalue weighted by Gasteiger charge is -2.31. The van der Waals surface area contributed by atoms with Gasteiger partial charge in [-0.05, 0) is 57.0 Å². The SMILES string of the molecule is Cc1nc(C2CC2)sc1C(=O)NCC(O)(c1cc2c(c(-c3ccc(F)cc3)n1)OC[C@]2(C)C(N)=O)C(F)(F)F. The highest BCUT2D eigenvalue weighted by Gasteiger charge is 2.57. The molecule has 3 heterocycles. The summed E-state index contributed by atoms with van der Waals surface area (Å²) >= 11 is 1.11. The first-order chi connectivity index (χ1) is 18.2. The average Bonchev–Trinajstić information content (AvgIpc) is 3.57. The number of primary amides is 1. The molecule has 39 heavy (non-hydrogen) atoms. The Morgan fingerprint density at radius 2 is 1.90 bits per heavy atom. The maximum absolute atomic E-state index is 14.5. The third-order valence-corrected chi connectivity index (χ3v) is 8.40. The van der Waals surface area contributed by atoms with Crippen molar-refractivity contribution in [1.82, 2.24) is 15.3 Å². The number of halogens is 4. The van der Waals surface area contributed by atoms with E-state index in [0.29, 0.717) is 5.69 Å². The number of aromatic nitrogens is 2. The summed E-state index contributed by atoms with van der Waals surface area (Å²) in [5.41, 5.74) is -0.0915. The fourth-order valence-corrected chi connectivity index (χ4v) is 5.51. The Balaban J connectivity index is 1.58. The van der Waals surface area contributed by atoms with E-state index in [1.54, 1.807) is 6.92 Å². The number of hydrogen-bond acceptors (Lipinski definition) is 7. The molecular weight excluding hydrogens is 540 g/mol. The monoisotopic (exact) mass is 564 g/mol. The molecule has 4 N–H and O–H groups in total. The van der Waals surface area contributed by atoms with E-state index in [1.165, 1.54) is 19.1 Å². The van der Waals surface area contributed by atoms with Gasteiger partial charge in [0.2, 0.25) is 11.5 Å². The standard InChI is InChI=1S/C26H24F4N4O4S/c1-12-20(39-22(33-12)14-3-4-14)21(35)32-10-25(37,26(28,29)30)17-9-16-19(38-11-24(16,2)23(31)36)18(34-17)13-5-7-15(27)8-6-13/h5-9,14,37H,3-4,10-11H2,1-2H3,(H2,31,36)(H,32,35)/t24-,25?/m0/s1. The van der Waals surface area contributed by atoms with Crippen molar-refractivity contribution < 1.29 is 37.0 Å². The molecular formula is C26H24F4N4O4S. The second-order valence-electron chi connectivity index (χ2n) is 10.0. The molecule has 5 rings (SSSR count). The number of nitrogens with zero attached hydrogens (tertiary/aromatic N) is 2. The fourth-order valence-electron chi connectivity index (χ4n) is 4.36. The molecule has 0 radical (unpaired) electrons. The maximum Gasteiger partial charge on any atom is 0.424 e. The van der Waals surface area contributed by atoms with Gasteiger partial charge < -0.3 is 20.9 Å². The van der Waals surface area contributed by atoms with Crippen LogP contribution in [0.4, 0.5) is 17.6 Å². The number of aryl methyl sites for hydroxylation is 1. The molecule has 206 valence electrons. The molecule has 1 fully saturated rings. The molecule has 0 saturated heterocycles. The van der Waals surface area contributed by atoms with Crippen molar-refractivity contribution >= 4 is 23.2 Å². The number of fused-ring (bicyclic) bond motifs is 1. The quantitative estimate of drug-likeness (QED) is 0.374. The van der Waals surface area contributed by atoms with Crippen LogP contribution in [-0.2, 0) is 15.8 Å². The van der Waals surface area contributed by atoms with Gasteiger partial charge in [-0.25, -0.2) is 14.4 Å². The molecule has 2 amide bonds. The van der Waals surface area contributed by atoms with E-state index < -0.39 is 47.1 Å². The number of nitrogens with two attached hydrogens (primary N) is 1. The van der Waals surface area contributed by atoms with Crippen molar-refractivity contribution in [3.05, 3.63) is 63.0 Å². The second kappa shape index (κ2) is 9.26. The molecule has 1 unspecified atom stereocenters. The molecule has 1 aromatic carbocycles. The van der Waals surface area contributed by atoms with Crippen molar-refractivity contribution in [1.29, 1.82) is 0 Å². The summed E-state index contributed by atoms with van der Waals surface area (Å²) in [5, 5.41) is 14.0. The third kappa shape index (κ3) is 4.63. The Morgan fingerprint density at radius 1 is 1.23 bits per heavy atom. The number of thiazole rings is 1. The molecule has 0 bridgehead atoms. The van der Waals surface area contributed by atoms with Crippen LogP contribution < -0.4 is 15.8 Å². The molecule has 2 aliphatic rings. The van der Waals surface area contributed by atoms with E-state index in [1.807, 2.05) is 0 Å². The lowest BCUT2D eigenvalue weighted by Crippen LogP contribution is -2.51. The summed E-state index contributed by atoms with van der Waals surface area (Å²) in [5.74, 6) is -2.02. The van der Waals surface area contributed by atoms with E-state index >= 15 is 0 Å². The van der Waals surface area contributed by atoms with Gasteiger partial charge in [0.05, 0.1) is 22.9 Å². The number of nitrogens with one attached hydrogen (secondary N) is 1. The van der Waals surface area contributed by atoms with E-state index in [4.69, 9.17) is 10.5 Å². The average molecular weight is 565 g/mol.